The lowest BCUT2D eigenvalue weighted by molar-refractivity contribution is 0.685. The topological polar surface area (TPSA) is 62.4 Å². The Kier molecular flexibility index (Phi) is 5.64. The van der Waals surface area contributed by atoms with Gasteiger partial charge in [0.25, 0.3) is 0 Å². The average molecular weight is 282 g/mol. The number of guanidine groups is 1. The van der Waals surface area contributed by atoms with E-state index in [0.717, 1.165) is 31.0 Å². The molecule has 1 unspecified atom stereocenters. The molecular weight excluding hydrogens is 260 g/mol. The van der Waals surface area contributed by atoms with Crippen LogP contribution in [0.25, 0.3) is 0 Å². The molecule has 4 heteroatoms. The third-order valence-corrected chi connectivity index (χ3v) is 3.29. The molecule has 1 aromatic rings. The van der Waals surface area contributed by atoms with Gasteiger partial charge >= 0.3 is 0 Å². The summed E-state index contributed by atoms with van der Waals surface area (Å²) in [5.74, 6) is 0.835. The van der Waals surface area contributed by atoms with Gasteiger partial charge in [-0.15, -0.1) is 0 Å². The fourth-order valence-corrected chi connectivity index (χ4v) is 2.23. The molecule has 0 bridgehead atoms. The molecule has 0 saturated carbocycles. The normalized spacial score (nSPS) is 16.4. The zero-order valence-electron chi connectivity index (χ0n) is 12.1. The predicted molar refractivity (Wildman–Crippen MR) is 89.0 cm³/mol. The highest BCUT2D eigenvalue weighted by molar-refractivity contribution is 5.82. The Morgan fingerprint density at radius 2 is 2.24 bits per heavy atom. The number of allylic oxidation sites excluding steroid dienone is 2. The van der Waals surface area contributed by atoms with Gasteiger partial charge in [-0.25, -0.2) is 0 Å². The van der Waals surface area contributed by atoms with Crippen LogP contribution < -0.4 is 16.4 Å². The van der Waals surface area contributed by atoms with Crippen LogP contribution in [0.4, 0.5) is 0 Å². The first-order chi connectivity index (χ1) is 10.3. The number of hydrogen-bond acceptors (Lipinski definition) is 4. The standard InChI is InChI=1S/C17H22N4/c1-2-3-9-15(13-18)16(21-17-19-10-11-20-17)12-14-7-5-4-6-8-14/h2-9,13,16H,1,10-12,18H2,(H2,19,20,21)/b9-3-,15-13+. The van der Waals surface area contributed by atoms with E-state index < -0.39 is 0 Å². The first-order valence-electron chi connectivity index (χ1n) is 7.13. The maximum atomic E-state index is 5.79. The molecule has 0 radical (unpaired) electrons. The van der Waals surface area contributed by atoms with Gasteiger partial charge in [-0.2, -0.15) is 0 Å². The zero-order valence-corrected chi connectivity index (χ0v) is 12.1. The summed E-state index contributed by atoms with van der Waals surface area (Å²) in [5, 5.41) is 6.66. The summed E-state index contributed by atoms with van der Waals surface area (Å²) in [6.07, 6.45) is 8.09. The van der Waals surface area contributed by atoms with Crippen LogP contribution in [-0.4, -0.2) is 25.1 Å². The quantitative estimate of drug-likeness (QED) is 0.696. The van der Waals surface area contributed by atoms with Gasteiger partial charge in [0.05, 0.1) is 12.6 Å². The number of benzene rings is 1. The van der Waals surface area contributed by atoms with E-state index in [4.69, 9.17) is 5.73 Å². The van der Waals surface area contributed by atoms with E-state index in [1.54, 1.807) is 12.3 Å². The average Bonchev–Trinajstić information content (AvgIpc) is 3.02. The van der Waals surface area contributed by atoms with E-state index in [1.807, 2.05) is 30.4 Å². The van der Waals surface area contributed by atoms with E-state index in [1.165, 1.54) is 5.56 Å². The molecule has 4 nitrogen and oxygen atoms in total. The van der Waals surface area contributed by atoms with Gasteiger partial charge in [0.1, 0.15) is 0 Å². The van der Waals surface area contributed by atoms with Gasteiger partial charge in [-0.1, -0.05) is 55.1 Å². The van der Waals surface area contributed by atoms with Gasteiger partial charge in [-0.3, -0.25) is 4.99 Å². The summed E-state index contributed by atoms with van der Waals surface area (Å²) in [7, 11) is 0. The van der Waals surface area contributed by atoms with Crippen molar-refractivity contribution in [2.75, 3.05) is 13.1 Å². The molecule has 1 aliphatic rings. The van der Waals surface area contributed by atoms with Crippen LogP contribution in [0, 0.1) is 0 Å². The Hall–Kier alpha value is -2.49. The third kappa shape index (κ3) is 4.53. The zero-order chi connectivity index (χ0) is 14.9. The van der Waals surface area contributed by atoms with Crippen molar-refractivity contribution in [3.63, 3.8) is 0 Å². The van der Waals surface area contributed by atoms with Crippen LogP contribution >= 0.6 is 0 Å². The molecule has 1 heterocycles. The second-order valence-electron chi connectivity index (χ2n) is 4.81. The lowest BCUT2D eigenvalue weighted by atomic mass is 9.99. The van der Waals surface area contributed by atoms with Crippen LogP contribution in [0.2, 0.25) is 0 Å². The molecule has 1 aromatic carbocycles. The smallest absolute Gasteiger partial charge is 0.191 e. The van der Waals surface area contributed by atoms with E-state index in [9.17, 15) is 0 Å². The van der Waals surface area contributed by atoms with Crippen LogP contribution in [0.15, 0.2) is 71.9 Å². The molecule has 0 fully saturated rings. The Morgan fingerprint density at radius 3 is 2.86 bits per heavy atom. The molecule has 0 amide bonds. The van der Waals surface area contributed by atoms with Crippen molar-refractivity contribution in [3.8, 4) is 0 Å². The fraction of sp³-hybridized carbons (Fsp3) is 0.235. The van der Waals surface area contributed by atoms with Crippen LogP contribution in [-0.2, 0) is 6.42 Å². The number of nitrogens with one attached hydrogen (secondary N) is 2. The molecule has 2 rings (SSSR count). The monoisotopic (exact) mass is 282 g/mol. The van der Waals surface area contributed by atoms with Crippen molar-refractivity contribution >= 4 is 5.96 Å². The van der Waals surface area contributed by atoms with Crippen LogP contribution in [0.3, 0.4) is 0 Å². The third-order valence-electron chi connectivity index (χ3n) is 3.29. The van der Waals surface area contributed by atoms with Gasteiger partial charge in [0.15, 0.2) is 5.96 Å². The Morgan fingerprint density at radius 1 is 1.43 bits per heavy atom. The summed E-state index contributed by atoms with van der Waals surface area (Å²) in [4.78, 5) is 4.40. The summed E-state index contributed by atoms with van der Waals surface area (Å²) in [5.41, 5.74) is 8.05. The van der Waals surface area contributed by atoms with Gasteiger partial charge in [0.2, 0.25) is 0 Å². The van der Waals surface area contributed by atoms with Crippen molar-refractivity contribution in [1.82, 2.24) is 10.6 Å². The van der Waals surface area contributed by atoms with Gasteiger partial charge < -0.3 is 16.4 Å². The molecular formula is C17H22N4. The first-order valence-corrected chi connectivity index (χ1v) is 7.13. The Bertz CT molecular complexity index is 543. The number of hydrogen-bond donors (Lipinski definition) is 3. The minimum Gasteiger partial charge on any atom is -0.404 e. The molecule has 0 saturated heterocycles. The molecule has 0 aromatic heterocycles. The molecule has 4 N–H and O–H groups in total. The summed E-state index contributed by atoms with van der Waals surface area (Å²) < 4.78 is 0. The maximum absolute atomic E-state index is 5.79. The number of nitrogens with zero attached hydrogens (tertiary/aromatic N) is 1. The number of nitrogens with two attached hydrogens (primary N) is 1. The highest BCUT2D eigenvalue weighted by atomic mass is 15.2. The highest BCUT2D eigenvalue weighted by Gasteiger charge is 2.16. The molecule has 110 valence electrons. The number of rotatable bonds is 6. The van der Waals surface area contributed by atoms with Crippen molar-refractivity contribution < 1.29 is 0 Å². The molecule has 1 atom stereocenters. The first kappa shape index (κ1) is 14.9. The minimum absolute atomic E-state index is 0.0675. The molecule has 0 aliphatic carbocycles. The molecule has 21 heavy (non-hydrogen) atoms. The molecule has 1 aliphatic heterocycles. The van der Waals surface area contributed by atoms with E-state index in [-0.39, 0.29) is 6.04 Å². The van der Waals surface area contributed by atoms with E-state index in [0.29, 0.717) is 0 Å². The van der Waals surface area contributed by atoms with Crippen molar-refractivity contribution in [2.45, 2.75) is 12.5 Å². The van der Waals surface area contributed by atoms with Crippen LogP contribution in [0.1, 0.15) is 5.56 Å². The second kappa shape index (κ2) is 7.94. The van der Waals surface area contributed by atoms with Gasteiger partial charge in [-0.05, 0) is 23.8 Å². The highest BCUT2D eigenvalue weighted by Crippen LogP contribution is 2.11. The van der Waals surface area contributed by atoms with Crippen LogP contribution in [0.5, 0.6) is 0 Å². The maximum Gasteiger partial charge on any atom is 0.191 e. The number of aliphatic imine (C=N–C) groups is 1. The largest absolute Gasteiger partial charge is 0.404 e. The lowest BCUT2D eigenvalue weighted by Crippen LogP contribution is -2.43. The minimum atomic E-state index is 0.0675. The second-order valence-corrected chi connectivity index (χ2v) is 4.81. The fourth-order valence-electron chi connectivity index (χ4n) is 2.23. The Labute approximate surface area is 126 Å². The molecule has 0 spiro atoms. The Balaban J connectivity index is 2.16. The van der Waals surface area contributed by atoms with Crippen molar-refractivity contribution in [2.24, 2.45) is 10.7 Å². The summed E-state index contributed by atoms with van der Waals surface area (Å²) in [6.45, 7) is 5.39. The summed E-state index contributed by atoms with van der Waals surface area (Å²) >= 11 is 0. The van der Waals surface area contributed by atoms with E-state index in [2.05, 4.69) is 34.3 Å². The van der Waals surface area contributed by atoms with Crippen molar-refractivity contribution in [1.29, 1.82) is 0 Å². The van der Waals surface area contributed by atoms with Gasteiger partial charge in [0, 0.05) is 6.54 Å². The summed E-state index contributed by atoms with van der Waals surface area (Å²) in [6, 6.07) is 10.4. The SMILES string of the molecule is C=C/C=C\C(=C/N)C(Cc1ccccc1)NC1=NCCN1. The lowest BCUT2D eigenvalue weighted by Gasteiger charge is -2.21. The van der Waals surface area contributed by atoms with Crippen molar-refractivity contribution in [3.05, 3.63) is 72.5 Å². The van der Waals surface area contributed by atoms with E-state index >= 15 is 0 Å². The predicted octanol–water partition coefficient (Wildman–Crippen LogP) is 1.73.